The van der Waals surface area contributed by atoms with Crippen molar-refractivity contribution < 1.29 is 12.8 Å². The Labute approximate surface area is 119 Å². The molecule has 0 aromatic heterocycles. The second-order valence-electron chi connectivity index (χ2n) is 5.18. The van der Waals surface area contributed by atoms with E-state index in [0.717, 1.165) is 19.3 Å². The summed E-state index contributed by atoms with van der Waals surface area (Å²) in [7, 11) is -3.65. The second kappa shape index (κ2) is 6.20. The lowest BCUT2D eigenvalue weighted by atomic mass is 9.96. The molecular formula is C14H21FN2O2S. The summed E-state index contributed by atoms with van der Waals surface area (Å²) in [5, 5.41) is 0. The van der Waals surface area contributed by atoms with Gasteiger partial charge in [0.1, 0.15) is 5.82 Å². The van der Waals surface area contributed by atoms with Crippen molar-refractivity contribution in [1.82, 2.24) is 4.31 Å². The van der Waals surface area contributed by atoms with Crippen LogP contribution in [0.3, 0.4) is 0 Å². The summed E-state index contributed by atoms with van der Waals surface area (Å²) in [6.07, 6.45) is 2.80. The van der Waals surface area contributed by atoms with E-state index in [2.05, 4.69) is 6.92 Å². The number of nitrogens with zero attached hydrogens (tertiary/aromatic N) is 1. The highest BCUT2D eigenvalue weighted by atomic mass is 32.2. The smallest absolute Gasteiger partial charge is 0.243 e. The van der Waals surface area contributed by atoms with Crippen LogP contribution < -0.4 is 5.73 Å². The number of hydrogen-bond acceptors (Lipinski definition) is 3. The number of nitrogens with two attached hydrogens (primary N) is 1. The van der Waals surface area contributed by atoms with Crippen LogP contribution in [-0.4, -0.2) is 25.8 Å². The van der Waals surface area contributed by atoms with Crippen molar-refractivity contribution in [1.29, 1.82) is 0 Å². The van der Waals surface area contributed by atoms with Gasteiger partial charge in [0, 0.05) is 25.2 Å². The van der Waals surface area contributed by atoms with Crippen molar-refractivity contribution in [3.63, 3.8) is 0 Å². The maximum atomic E-state index is 13.7. The summed E-state index contributed by atoms with van der Waals surface area (Å²) < 4.78 is 40.4. The summed E-state index contributed by atoms with van der Waals surface area (Å²) in [6, 6.07) is 4.09. The molecule has 0 aliphatic carbocycles. The van der Waals surface area contributed by atoms with E-state index in [9.17, 15) is 12.8 Å². The Kier molecular flexibility index (Phi) is 4.78. The molecule has 2 rings (SSSR count). The van der Waals surface area contributed by atoms with E-state index >= 15 is 0 Å². The number of sulfonamides is 1. The Hall–Kier alpha value is -0.980. The Balaban J connectivity index is 2.30. The van der Waals surface area contributed by atoms with E-state index < -0.39 is 15.8 Å². The monoisotopic (exact) mass is 300 g/mol. The van der Waals surface area contributed by atoms with Crippen molar-refractivity contribution in [2.24, 2.45) is 11.7 Å². The molecule has 2 N–H and O–H groups in total. The zero-order chi connectivity index (χ0) is 14.8. The maximum absolute atomic E-state index is 13.7. The zero-order valence-electron chi connectivity index (χ0n) is 11.7. The Morgan fingerprint density at radius 1 is 1.35 bits per heavy atom. The predicted molar refractivity (Wildman–Crippen MR) is 76.1 cm³/mol. The van der Waals surface area contributed by atoms with E-state index in [1.807, 2.05) is 0 Å². The minimum absolute atomic E-state index is 0.00921. The van der Waals surface area contributed by atoms with E-state index in [1.54, 1.807) is 0 Å². The molecule has 0 unspecified atom stereocenters. The fraction of sp³-hybridized carbons (Fsp3) is 0.571. The van der Waals surface area contributed by atoms with Gasteiger partial charge in [-0.2, -0.15) is 4.31 Å². The average Bonchev–Trinajstić information content (AvgIpc) is 2.47. The molecule has 1 heterocycles. The second-order valence-corrected chi connectivity index (χ2v) is 7.08. The standard InChI is InChI=1S/C14H21FN2O2S/c1-2-11-6-8-17(9-7-11)20(18,19)14-5-3-4-13(15)12(14)10-16/h3-5,11H,2,6-10,16H2,1H3. The van der Waals surface area contributed by atoms with Crippen LogP contribution in [0.2, 0.25) is 0 Å². The van der Waals surface area contributed by atoms with Crippen LogP contribution in [-0.2, 0) is 16.6 Å². The van der Waals surface area contributed by atoms with Gasteiger partial charge in [0.2, 0.25) is 10.0 Å². The molecular weight excluding hydrogens is 279 g/mol. The largest absolute Gasteiger partial charge is 0.326 e. The maximum Gasteiger partial charge on any atom is 0.243 e. The van der Waals surface area contributed by atoms with Crippen molar-refractivity contribution in [2.45, 2.75) is 37.6 Å². The fourth-order valence-corrected chi connectivity index (χ4v) is 4.39. The molecule has 6 heteroatoms. The number of hydrogen-bond donors (Lipinski definition) is 1. The minimum atomic E-state index is -3.65. The zero-order valence-corrected chi connectivity index (χ0v) is 12.5. The number of halogens is 1. The molecule has 4 nitrogen and oxygen atoms in total. The Morgan fingerprint density at radius 2 is 2.00 bits per heavy atom. The molecule has 0 amide bonds. The molecule has 1 aliphatic heterocycles. The molecule has 1 saturated heterocycles. The van der Waals surface area contributed by atoms with Gasteiger partial charge in [0.25, 0.3) is 0 Å². The summed E-state index contributed by atoms with van der Waals surface area (Å²) in [4.78, 5) is 0.00921. The van der Waals surface area contributed by atoms with Crippen molar-refractivity contribution in [2.75, 3.05) is 13.1 Å². The SMILES string of the molecule is CCC1CCN(S(=O)(=O)c2cccc(F)c2CN)CC1. The number of piperidine rings is 1. The Bertz CT molecular complexity index is 567. The van der Waals surface area contributed by atoms with Crippen molar-refractivity contribution >= 4 is 10.0 Å². The van der Waals surface area contributed by atoms with Gasteiger partial charge in [-0.3, -0.25) is 0 Å². The van der Waals surface area contributed by atoms with E-state index in [-0.39, 0.29) is 17.0 Å². The van der Waals surface area contributed by atoms with Gasteiger partial charge in [0.05, 0.1) is 4.90 Å². The molecule has 20 heavy (non-hydrogen) atoms. The fourth-order valence-electron chi connectivity index (χ4n) is 2.68. The molecule has 1 aliphatic rings. The molecule has 0 atom stereocenters. The minimum Gasteiger partial charge on any atom is -0.326 e. The van der Waals surface area contributed by atoms with Gasteiger partial charge in [-0.05, 0) is 30.9 Å². The van der Waals surface area contributed by atoms with Crippen LogP contribution in [0, 0.1) is 11.7 Å². The summed E-state index contributed by atoms with van der Waals surface area (Å²) >= 11 is 0. The van der Waals surface area contributed by atoms with Gasteiger partial charge in [-0.15, -0.1) is 0 Å². The van der Waals surface area contributed by atoms with Crippen molar-refractivity contribution in [3.05, 3.63) is 29.6 Å². The molecule has 0 bridgehead atoms. The first kappa shape index (κ1) is 15.4. The molecule has 0 spiro atoms. The van der Waals surface area contributed by atoms with Crippen LogP contribution in [0.1, 0.15) is 31.7 Å². The quantitative estimate of drug-likeness (QED) is 0.926. The topological polar surface area (TPSA) is 63.4 Å². The average molecular weight is 300 g/mol. The van der Waals surface area contributed by atoms with Crippen LogP contribution in [0.4, 0.5) is 4.39 Å². The first-order valence-electron chi connectivity index (χ1n) is 6.98. The normalized spacial score (nSPS) is 18.4. The first-order chi connectivity index (χ1) is 9.50. The molecule has 1 aromatic carbocycles. The molecule has 0 radical (unpaired) electrons. The van der Waals surface area contributed by atoms with Crippen LogP contribution in [0.25, 0.3) is 0 Å². The highest BCUT2D eigenvalue weighted by molar-refractivity contribution is 7.89. The highest BCUT2D eigenvalue weighted by Crippen LogP contribution is 2.27. The lowest BCUT2D eigenvalue weighted by molar-refractivity contribution is 0.269. The van der Waals surface area contributed by atoms with E-state index in [4.69, 9.17) is 5.73 Å². The lowest BCUT2D eigenvalue weighted by Gasteiger charge is -2.31. The van der Waals surface area contributed by atoms with Gasteiger partial charge in [-0.1, -0.05) is 19.4 Å². The van der Waals surface area contributed by atoms with Crippen LogP contribution in [0.5, 0.6) is 0 Å². The first-order valence-corrected chi connectivity index (χ1v) is 8.42. The number of benzene rings is 1. The third kappa shape index (κ3) is 2.87. The van der Waals surface area contributed by atoms with Crippen LogP contribution >= 0.6 is 0 Å². The summed E-state index contributed by atoms with van der Waals surface area (Å²) in [5.74, 6) is 0.0277. The highest BCUT2D eigenvalue weighted by Gasteiger charge is 2.30. The van der Waals surface area contributed by atoms with Crippen LogP contribution in [0.15, 0.2) is 23.1 Å². The van der Waals surface area contributed by atoms with Gasteiger partial charge in [-0.25, -0.2) is 12.8 Å². The van der Waals surface area contributed by atoms with Gasteiger partial charge in [0.15, 0.2) is 0 Å². The molecule has 112 valence electrons. The van der Waals surface area contributed by atoms with Crippen molar-refractivity contribution in [3.8, 4) is 0 Å². The lowest BCUT2D eigenvalue weighted by Crippen LogP contribution is -2.38. The summed E-state index contributed by atoms with van der Waals surface area (Å²) in [5.41, 5.74) is 5.57. The van der Waals surface area contributed by atoms with Gasteiger partial charge < -0.3 is 5.73 Å². The predicted octanol–water partition coefficient (Wildman–Crippen LogP) is 2.10. The summed E-state index contributed by atoms with van der Waals surface area (Å²) in [6.45, 7) is 3.00. The third-order valence-corrected chi connectivity index (χ3v) is 6.03. The third-order valence-electron chi connectivity index (χ3n) is 4.05. The number of rotatable bonds is 4. The molecule has 1 fully saturated rings. The Morgan fingerprint density at radius 3 is 2.55 bits per heavy atom. The van der Waals surface area contributed by atoms with E-state index in [1.165, 1.54) is 22.5 Å². The molecule has 1 aromatic rings. The van der Waals surface area contributed by atoms with Gasteiger partial charge >= 0.3 is 0 Å². The molecule has 0 saturated carbocycles. The van der Waals surface area contributed by atoms with E-state index in [0.29, 0.717) is 19.0 Å².